The Kier molecular flexibility index (Phi) is 6.29. The van der Waals surface area contributed by atoms with Crippen molar-refractivity contribution in [3.05, 3.63) is 28.8 Å². The average Bonchev–Trinajstić information content (AvgIpc) is 2.33. The summed E-state index contributed by atoms with van der Waals surface area (Å²) >= 11 is 10.2. The smallest absolute Gasteiger partial charge is 0.389 e. The Hall–Kier alpha value is -0.550. The molecule has 1 aromatic rings. The van der Waals surface area contributed by atoms with Gasteiger partial charge in [-0.2, -0.15) is 13.2 Å². The van der Waals surface area contributed by atoms with Gasteiger partial charge in [-0.1, -0.05) is 29.9 Å². The van der Waals surface area contributed by atoms with Crippen molar-refractivity contribution in [2.24, 2.45) is 5.73 Å². The largest absolute Gasteiger partial charge is 0.441 e. The number of benzene rings is 1. The molecule has 11 heteroatoms. The molecule has 118 valence electrons. The second-order valence-electron chi connectivity index (χ2n) is 3.70. The van der Waals surface area contributed by atoms with E-state index in [1.54, 1.807) is 0 Å². The fourth-order valence-electron chi connectivity index (χ4n) is 1.29. The van der Waals surface area contributed by atoms with Crippen LogP contribution in [0.4, 0.5) is 13.2 Å². The molecule has 21 heavy (non-hydrogen) atoms. The van der Waals surface area contributed by atoms with E-state index in [0.29, 0.717) is 5.56 Å². The third-order valence-corrected chi connectivity index (χ3v) is 5.08. The molecule has 0 aliphatic rings. The van der Waals surface area contributed by atoms with Crippen molar-refractivity contribution in [1.82, 2.24) is 4.72 Å². The van der Waals surface area contributed by atoms with Gasteiger partial charge in [0, 0.05) is 17.9 Å². The molecular formula is C10H10ClF3N2O2S3. The molecule has 1 aromatic carbocycles. The van der Waals surface area contributed by atoms with Gasteiger partial charge >= 0.3 is 5.51 Å². The molecule has 0 heterocycles. The highest BCUT2D eigenvalue weighted by Crippen LogP contribution is 2.29. The van der Waals surface area contributed by atoms with E-state index in [4.69, 9.17) is 29.6 Å². The maximum absolute atomic E-state index is 11.9. The molecule has 0 radical (unpaired) electrons. The Labute approximate surface area is 134 Å². The minimum atomic E-state index is -4.40. The first-order chi connectivity index (χ1) is 9.53. The number of hydrogen-bond acceptors (Lipinski definition) is 4. The van der Waals surface area contributed by atoms with Gasteiger partial charge < -0.3 is 5.73 Å². The van der Waals surface area contributed by atoms with Crippen LogP contribution in [0, 0.1) is 0 Å². The van der Waals surface area contributed by atoms with Gasteiger partial charge in [0.25, 0.3) is 0 Å². The van der Waals surface area contributed by atoms with E-state index in [-0.39, 0.29) is 33.2 Å². The topological polar surface area (TPSA) is 72.2 Å². The molecular weight excluding hydrogens is 369 g/mol. The highest BCUT2D eigenvalue weighted by Gasteiger charge is 2.28. The summed E-state index contributed by atoms with van der Waals surface area (Å²) in [6, 6.07) is 3.84. The molecule has 1 rings (SSSR count). The predicted octanol–water partition coefficient (Wildman–Crippen LogP) is 2.51. The molecule has 0 atom stereocenters. The quantitative estimate of drug-likeness (QED) is 0.588. The molecule has 0 aliphatic heterocycles. The van der Waals surface area contributed by atoms with Crippen molar-refractivity contribution in [1.29, 1.82) is 0 Å². The number of nitrogens with one attached hydrogen (secondary N) is 1. The summed E-state index contributed by atoms with van der Waals surface area (Å²) in [5.41, 5.74) is 1.37. The average molecular weight is 379 g/mol. The van der Waals surface area contributed by atoms with Crippen molar-refractivity contribution in [3.63, 3.8) is 0 Å². The van der Waals surface area contributed by atoms with Crippen LogP contribution in [0.15, 0.2) is 23.1 Å². The maximum Gasteiger partial charge on any atom is 0.441 e. The third-order valence-electron chi connectivity index (χ3n) is 2.17. The molecule has 0 aromatic heterocycles. The normalized spacial score (nSPS) is 12.4. The summed E-state index contributed by atoms with van der Waals surface area (Å²) in [5.74, 6) is -0.439. The molecule has 0 saturated carbocycles. The van der Waals surface area contributed by atoms with Crippen LogP contribution >= 0.6 is 35.6 Å². The van der Waals surface area contributed by atoms with Crippen LogP contribution < -0.4 is 10.5 Å². The van der Waals surface area contributed by atoms with Gasteiger partial charge in [0.05, 0.1) is 5.02 Å². The minimum absolute atomic E-state index is 0.0513. The predicted molar refractivity (Wildman–Crippen MR) is 81.0 cm³/mol. The first-order valence-electron chi connectivity index (χ1n) is 5.32. The van der Waals surface area contributed by atoms with Gasteiger partial charge in [-0.15, -0.1) is 0 Å². The van der Waals surface area contributed by atoms with Crippen molar-refractivity contribution >= 4 is 50.6 Å². The zero-order valence-corrected chi connectivity index (χ0v) is 13.5. The van der Waals surface area contributed by atoms with Crippen LogP contribution in [-0.2, 0) is 10.0 Å². The van der Waals surface area contributed by atoms with Crippen molar-refractivity contribution < 1.29 is 21.6 Å². The zero-order chi connectivity index (χ0) is 16.3. The fraction of sp³-hybridized carbons (Fsp3) is 0.300. The van der Waals surface area contributed by atoms with Gasteiger partial charge in [0.1, 0.15) is 9.88 Å². The number of alkyl halides is 3. The Bertz CT molecular complexity index is 635. The number of sulfonamides is 1. The summed E-state index contributed by atoms with van der Waals surface area (Å²) < 4.78 is 61.6. The Morgan fingerprint density at radius 1 is 1.43 bits per heavy atom. The standard InChI is InChI=1S/C10H10ClF3N2O2S3/c11-7-5-6(9(15)19)1-2-8(7)21(17,18)16-3-4-20-10(12,13)14/h1-2,5,16H,3-4H2,(H2,15,19). The second kappa shape index (κ2) is 7.14. The van der Waals surface area contributed by atoms with Gasteiger partial charge in [0.15, 0.2) is 0 Å². The SMILES string of the molecule is NC(=S)c1ccc(S(=O)(=O)NCCSC(F)(F)F)c(Cl)c1. The molecule has 0 unspecified atom stereocenters. The summed E-state index contributed by atoms with van der Waals surface area (Å²) in [6.45, 7) is -0.375. The number of rotatable bonds is 6. The van der Waals surface area contributed by atoms with Gasteiger partial charge in [-0.25, -0.2) is 13.1 Å². The van der Waals surface area contributed by atoms with Crippen LogP contribution in [0.5, 0.6) is 0 Å². The second-order valence-corrected chi connectivity index (χ2v) is 7.44. The van der Waals surface area contributed by atoms with E-state index in [9.17, 15) is 21.6 Å². The highest BCUT2D eigenvalue weighted by molar-refractivity contribution is 8.00. The summed E-state index contributed by atoms with van der Waals surface area (Å²) in [7, 11) is -4.00. The summed E-state index contributed by atoms with van der Waals surface area (Å²) in [4.78, 5) is -0.198. The van der Waals surface area contributed by atoms with E-state index >= 15 is 0 Å². The van der Waals surface area contributed by atoms with Crippen molar-refractivity contribution in [3.8, 4) is 0 Å². The molecule has 0 saturated heterocycles. The lowest BCUT2D eigenvalue weighted by Crippen LogP contribution is -2.27. The molecule has 0 aliphatic carbocycles. The van der Waals surface area contributed by atoms with E-state index in [1.807, 2.05) is 4.72 Å². The first-order valence-corrected chi connectivity index (χ1v) is 8.58. The molecule has 0 fully saturated rings. The Morgan fingerprint density at radius 2 is 2.05 bits per heavy atom. The third kappa shape index (κ3) is 5.99. The number of thiocarbonyl (C=S) groups is 1. The zero-order valence-electron chi connectivity index (χ0n) is 10.3. The minimum Gasteiger partial charge on any atom is -0.389 e. The van der Waals surface area contributed by atoms with Gasteiger partial charge in [-0.3, -0.25) is 0 Å². The van der Waals surface area contributed by atoms with Gasteiger partial charge in [-0.05, 0) is 23.9 Å². The fourth-order valence-corrected chi connectivity index (χ4v) is 3.56. The molecule has 3 N–H and O–H groups in total. The Balaban J connectivity index is 2.77. The van der Waals surface area contributed by atoms with E-state index in [0.717, 1.165) is 0 Å². The molecule has 0 bridgehead atoms. The summed E-state index contributed by atoms with van der Waals surface area (Å²) in [5, 5.41) is -0.115. The van der Waals surface area contributed by atoms with Crippen LogP contribution in [0.25, 0.3) is 0 Å². The van der Waals surface area contributed by atoms with Crippen molar-refractivity contribution in [2.45, 2.75) is 10.4 Å². The molecule has 0 amide bonds. The van der Waals surface area contributed by atoms with Crippen molar-refractivity contribution in [2.75, 3.05) is 12.3 Å². The lowest BCUT2D eigenvalue weighted by molar-refractivity contribution is -0.0327. The lowest BCUT2D eigenvalue weighted by Gasteiger charge is -2.10. The maximum atomic E-state index is 11.9. The van der Waals surface area contributed by atoms with E-state index in [2.05, 4.69) is 0 Å². The van der Waals surface area contributed by atoms with Gasteiger partial charge in [0.2, 0.25) is 10.0 Å². The Morgan fingerprint density at radius 3 is 2.52 bits per heavy atom. The molecule has 4 nitrogen and oxygen atoms in total. The number of halogens is 4. The summed E-state index contributed by atoms with van der Waals surface area (Å²) in [6.07, 6.45) is 0. The number of hydrogen-bond donors (Lipinski definition) is 2. The van der Waals surface area contributed by atoms with Crippen LogP contribution in [0.3, 0.4) is 0 Å². The monoisotopic (exact) mass is 378 g/mol. The number of thioether (sulfide) groups is 1. The first kappa shape index (κ1) is 18.5. The number of nitrogens with two attached hydrogens (primary N) is 1. The van der Waals surface area contributed by atoms with Crippen LogP contribution in [0.2, 0.25) is 5.02 Å². The van der Waals surface area contributed by atoms with E-state index in [1.165, 1.54) is 18.2 Å². The van der Waals surface area contributed by atoms with E-state index < -0.39 is 21.3 Å². The highest BCUT2D eigenvalue weighted by atomic mass is 35.5. The lowest BCUT2D eigenvalue weighted by atomic mass is 10.2. The molecule has 0 spiro atoms. The van der Waals surface area contributed by atoms with Crippen LogP contribution in [0.1, 0.15) is 5.56 Å². The van der Waals surface area contributed by atoms with Crippen LogP contribution in [-0.4, -0.2) is 31.2 Å².